The van der Waals surface area contributed by atoms with Gasteiger partial charge in [0.25, 0.3) is 5.91 Å². The number of pyridine rings is 1. The van der Waals surface area contributed by atoms with E-state index >= 15 is 0 Å². The van der Waals surface area contributed by atoms with Gasteiger partial charge in [-0.1, -0.05) is 38.1 Å². The quantitative estimate of drug-likeness (QED) is 0.786. The van der Waals surface area contributed by atoms with E-state index in [1.165, 1.54) is 5.56 Å². The fourth-order valence-electron chi connectivity index (χ4n) is 2.95. The van der Waals surface area contributed by atoms with Gasteiger partial charge in [0.2, 0.25) is 0 Å². The minimum Gasteiger partial charge on any atom is -0.345 e. The second-order valence-electron chi connectivity index (χ2n) is 6.83. The van der Waals surface area contributed by atoms with Gasteiger partial charge in [-0.15, -0.1) is 0 Å². The summed E-state index contributed by atoms with van der Waals surface area (Å²) in [5, 5.41) is 8.07. The summed E-state index contributed by atoms with van der Waals surface area (Å²) in [4.78, 5) is 17.3. The molecule has 0 fully saturated rings. The van der Waals surface area contributed by atoms with Crippen molar-refractivity contribution in [3.05, 3.63) is 58.9 Å². The average molecular weight is 336 g/mol. The summed E-state index contributed by atoms with van der Waals surface area (Å²) < 4.78 is 1.69. The van der Waals surface area contributed by atoms with Crippen LogP contribution in [0.1, 0.15) is 59.9 Å². The van der Waals surface area contributed by atoms with Crippen molar-refractivity contribution < 1.29 is 4.79 Å². The first-order valence-corrected chi connectivity index (χ1v) is 8.57. The molecule has 0 bridgehead atoms. The molecular weight excluding hydrogens is 312 g/mol. The molecule has 3 rings (SSSR count). The van der Waals surface area contributed by atoms with Gasteiger partial charge in [0.1, 0.15) is 0 Å². The maximum atomic E-state index is 12.8. The standard InChI is InChI=1S/C20H24N4O/c1-12(2)15-6-8-16(9-7-15)14(4)23-20(25)17-10-13(3)22-19-18(17)11-21-24(19)5/h6-12,14H,1-5H3,(H,23,25). The molecule has 2 heterocycles. The van der Waals surface area contributed by atoms with E-state index in [1.54, 1.807) is 10.9 Å². The van der Waals surface area contributed by atoms with Gasteiger partial charge in [0.15, 0.2) is 5.65 Å². The van der Waals surface area contributed by atoms with Crippen LogP contribution < -0.4 is 5.32 Å². The minimum absolute atomic E-state index is 0.0751. The smallest absolute Gasteiger partial charge is 0.252 e. The molecule has 3 aromatic rings. The normalized spacial score (nSPS) is 12.6. The number of nitrogens with zero attached hydrogens (tertiary/aromatic N) is 3. The first-order chi connectivity index (χ1) is 11.9. The van der Waals surface area contributed by atoms with Crippen LogP contribution in [0.15, 0.2) is 36.5 Å². The van der Waals surface area contributed by atoms with Crippen LogP contribution in [0.4, 0.5) is 0 Å². The molecule has 0 radical (unpaired) electrons. The number of rotatable bonds is 4. The number of fused-ring (bicyclic) bond motifs is 1. The summed E-state index contributed by atoms with van der Waals surface area (Å²) in [5.74, 6) is 0.390. The van der Waals surface area contributed by atoms with Gasteiger partial charge in [-0.2, -0.15) is 5.10 Å². The van der Waals surface area contributed by atoms with E-state index < -0.39 is 0 Å². The Morgan fingerprint density at radius 3 is 2.40 bits per heavy atom. The Balaban J connectivity index is 1.84. The van der Waals surface area contributed by atoms with Gasteiger partial charge < -0.3 is 5.32 Å². The minimum atomic E-state index is -0.107. The monoisotopic (exact) mass is 336 g/mol. The van der Waals surface area contributed by atoms with Crippen molar-refractivity contribution in [1.82, 2.24) is 20.1 Å². The average Bonchev–Trinajstić information content (AvgIpc) is 2.95. The van der Waals surface area contributed by atoms with Gasteiger partial charge >= 0.3 is 0 Å². The van der Waals surface area contributed by atoms with Crippen LogP contribution >= 0.6 is 0 Å². The number of amides is 1. The number of hydrogen-bond donors (Lipinski definition) is 1. The lowest BCUT2D eigenvalue weighted by Gasteiger charge is -2.16. The summed E-state index contributed by atoms with van der Waals surface area (Å²) in [6.45, 7) is 8.23. The predicted molar refractivity (Wildman–Crippen MR) is 99.7 cm³/mol. The van der Waals surface area contributed by atoms with Gasteiger partial charge in [0.05, 0.1) is 23.2 Å². The van der Waals surface area contributed by atoms with E-state index in [9.17, 15) is 4.79 Å². The summed E-state index contributed by atoms with van der Waals surface area (Å²) in [6, 6.07) is 10.1. The van der Waals surface area contributed by atoms with Crippen molar-refractivity contribution in [1.29, 1.82) is 0 Å². The maximum Gasteiger partial charge on any atom is 0.252 e. The summed E-state index contributed by atoms with van der Waals surface area (Å²) in [6.07, 6.45) is 1.69. The molecule has 1 N–H and O–H groups in total. The predicted octanol–water partition coefficient (Wildman–Crippen LogP) is 3.89. The fraction of sp³-hybridized carbons (Fsp3) is 0.350. The van der Waals surface area contributed by atoms with E-state index in [1.807, 2.05) is 27.0 Å². The van der Waals surface area contributed by atoms with Gasteiger partial charge in [0, 0.05) is 12.7 Å². The highest BCUT2D eigenvalue weighted by Crippen LogP contribution is 2.21. The zero-order valence-electron chi connectivity index (χ0n) is 15.4. The SMILES string of the molecule is Cc1cc(C(=O)NC(C)c2ccc(C(C)C)cc2)c2cnn(C)c2n1. The number of carbonyl (C=O) groups excluding carboxylic acids is 1. The molecule has 0 aliphatic carbocycles. The van der Waals surface area contributed by atoms with E-state index in [0.29, 0.717) is 11.5 Å². The third kappa shape index (κ3) is 3.40. The Labute approximate surface area is 148 Å². The van der Waals surface area contributed by atoms with Crippen LogP contribution in [0.3, 0.4) is 0 Å². The number of aromatic nitrogens is 3. The van der Waals surface area contributed by atoms with Crippen molar-refractivity contribution in [3.63, 3.8) is 0 Å². The number of hydrogen-bond acceptors (Lipinski definition) is 3. The topological polar surface area (TPSA) is 59.8 Å². The molecule has 1 aromatic carbocycles. The molecular formula is C20H24N4O. The maximum absolute atomic E-state index is 12.8. The largest absolute Gasteiger partial charge is 0.345 e. The third-order valence-corrected chi connectivity index (χ3v) is 4.53. The second kappa shape index (κ2) is 6.67. The summed E-state index contributed by atoms with van der Waals surface area (Å²) >= 11 is 0. The molecule has 0 aliphatic heterocycles. The van der Waals surface area contributed by atoms with Crippen molar-refractivity contribution in [2.45, 2.75) is 39.7 Å². The first kappa shape index (κ1) is 17.1. The lowest BCUT2D eigenvalue weighted by molar-refractivity contribution is 0.0941. The van der Waals surface area contributed by atoms with Crippen LogP contribution in [-0.2, 0) is 7.05 Å². The van der Waals surface area contributed by atoms with Gasteiger partial charge in [-0.25, -0.2) is 4.98 Å². The Bertz CT molecular complexity index is 909. The molecule has 130 valence electrons. The second-order valence-corrected chi connectivity index (χ2v) is 6.83. The first-order valence-electron chi connectivity index (χ1n) is 8.57. The Morgan fingerprint density at radius 2 is 1.76 bits per heavy atom. The van der Waals surface area contributed by atoms with Crippen molar-refractivity contribution in [2.75, 3.05) is 0 Å². The third-order valence-electron chi connectivity index (χ3n) is 4.53. The molecule has 0 aliphatic rings. The summed E-state index contributed by atoms with van der Waals surface area (Å²) in [5.41, 5.74) is 4.52. The van der Waals surface area contributed by atoms with E-state index in [-0.39, 0.29) is 11.9 Å². The van der Waals surface area contributed by atoms with E-state index in [2.05, 4.69) is 53.5 Å². The summed E-state index contributed by atoms with van der Waals surface area (Å²) in [7, 11) is 1.83. The molecule has 25 heavy (non-hydrogen) atoms. The fourth-order valence-corrected chi connectivity index (χ4v) is 2.95. The molecule has 0 spiro atoms. The molecule has 0 saturated carbocycles. The van der Waals surface area contributed by atoms with Crippen LogP contribution in [0, 0.1) is 6.92 Å². The molecule has 5 nitrogen and oxygen atoms in total. The molecule has 1 atom stereocenters. The zero-order chi connectivity index (χ0) is 18.1. The lowest BCUT2D eigenvalue weighted by atomic mass is 9.99. The van der Waals surface area contributed by atoms with Crippen molar-refractivity contribution >= 4 is 16.9 Å². The van der Waals surface area contributed by atoms with Gasteiger partial charge in [-0.3, -0.25) is 9.48 Å². The highest BCUT2D eigenvalue weighted by molar-refractivity contribution is 6.05. The zero-order valence-corrected chi connectivity index (χ0v) is 15.4. The van der Waals surface area contributed by atoms with Gasteiger partial charge in [-0.05, 0) is 37.0 Å². The lowest BCUT2D eigenvalue weighted by Crippen LogP contribution is -2.27. The Hall–Kier alpha value is -2.69. The number of benzene rings is 1. The van der Waals surface area contributed by atoms with Crippen LogP contribution in [0.2, 0.25) is 0 Å². The van der Waals surface area contributed by atoms with E-state index in [4.69, 9.17) is 0 Å². The molecule has 2 aromatic heterocycles. The van der Waals surface area contributed by atoms with Crippen LogP contribution in [-0.4, -0.2) is 20.7 Å². The number of aryl methyl sites for hydroxylation is 2. The van der Waals surface area contributed by atoms with E-state index in [0.717, 1.165) is 22.3 Å². The van der Waals surface area contributed by atoms with Crippen molar-refractivity contribution in [2.24, 2.45) is 7.05 Å². The molecule has 1 amide bonds. The van der Waals surface area contributed by atoms with Crippen LogP contribution in [0.5, 0.6) is 0 Å². The highest BCUT2D eigenvalue weighted by Gasteiger charge is 2.17. The number of carbonyl (C=O) groups is 1. The van der Waals surface area contributed by atoms with Crippen molar-refractivity contribution in [3.8, 4) is 0 Å². The van der Waals surface area contributed by atoms with Crippen LogP contribution in [0.25, 0.3) is 11.0 Å². The highest BCUT2D eigenvalue weighted by atomic mass is 16.1. The molecule has 5 heteroatoms. The molecule has 0 saturated heterocycles. The molecule has 1 unspecified atom stereocenters. The number of nitrogens with one attached hydrogen (secondary N) is 1. The Kier molecular flexibility index (Phi) is 4.57. The Morgan fingerprint density at radius 1 is 1.12 bits per heavy atom.